The zero-order valence-electron chi connectivity index (χ0n) is 8.68. The molecule has 0 aromatic heterocycles. The van der Waals surface area contributed by atoms with Crippen LogP contribution in [0.15, 0.2) is 18.2 Å². The molecule has 0 atom stereocenters. The number of benzene rings is 1. The molecule has 0 aliphatic carbocycles. The number of anilines is 2. The fraction of sp³-hybridized carbons (Fsp3) is 0.455. The molecule has 2 nitrogen and oxygen atoms in total. The van der Waals surface area contributed by atoms with Crippen molar-refractivity contribution >= 4 is 23.0 Å². The normalized spacial score (nSPS) is 10.6. The van der Waals surface area contributed by atoms with Crippen molar-refractivity contribution in [3.8, 4) is 0 Å². The van der Waals surface area contributed by atoms with Gasteiger partial charge in [-0.15, -0.1) is 0 Å². The largest absolute Gasteiger partial charge is 0.397 e. The van der Waals surface area contributed by atoms with E-state index in [0.717, 1.165) is 18.5 Å². The maximum atomic E-state index is 6.05. The van der Waals surface area contributed by atoms with Crippen LogP contribution in [0.5, 0.6) is 0 Å². The van der Waals surface area contributed by atoms with E-state index in [0.29, 0.717) is 16.8 Å². The van der Waals surface area contributed by atoms with Gasteiger partial charge in [-0.3, -0.25) is 0 Å². The molecule has 1 rings (SSSR count). The second-order valence-corrected chi connectivity index (χ2v) is 3.77. The summed E-state index contributed by atoms with van der Waals surface area (Å²) in [4.78, 5) is 0. The zero-order chi connectivity index (χ0) is 10.6. The van der Waals surface area contributed by atoms with Gasteiger partial charge in [0, 0.05) is 6.04 Å². The first kappa shape index (κ1) is 11.2. The number of para-hydroxylation sites is 1. The lowest BCUT2D eigenvalue weighted by Gasteiger charge is -2.18. The standard InChI is InChI=1S/C11H17ClN2/c1-3-8(4-2)14-11-9(12)6-5-7-10(11)13/h5-8,14H,3-4,13H2,1-2H3. The fourth-order valence-corrected chi connectivity index (χ4v) is 1.63. The summed E-state index contributed by atoms with van der Waals surface area (Å²) in [7, 11) is 0. The van der Waals surface area contributed by atoms with Crippen LogP contribution in [0.3, 0.4) is 0 Å². The van der Waals surface area contributed by atoms with E-state index in [9.17, 15) is 0 Å². The van der Waals surface area contributed by atoms with Gasteiger partial charge in [-0.2, -0.15) is 0 Å². The van der Waals surface area contributed by atoms with Crippen molar-refractivity contribution in [3.05, 3.63) is 23.2 Å². The number of halogens is 1. The Kier molecular flexibility index (Phi) is 4.08. The van der Waals surface area contributed by atoms with E-state index in [-0.39, 0.29) is 0 Å². The minimum atomic E-state index is 0.442. The van der Waals surface area contributed by atoms with Gasteiger partial charge in [-0.05, 0) is 25.0 Å². The van der Waals surface area contributed by atoms with E-state index in [4.69, 9.17) is 17.3 Å². The van der Waals surface area contributed by atoms with Gasteiger partial charge in [0.15, 0.2) is 0 Å². The van der Waals surface area contributed by atoms with Crippen LogP contribution in [0.1, 0.15) is 26.7 Å². The number of rotatable bonds is 4. The molecule has 78 valence electrons. The lowest BCUT2D eigenvalue weighted by atomic mass is 10.1. The Labute approximate surface area is 90.4 Å². The Morgan fingerprint density at radius 2 is 2.00 bits per heavy atom. The number of hydrogen-bond acceptors (Lipinski definition) is 2. The van der Waals surface area contributed by atoms with E-state index in [2.05, 4.69) is 19.2 Å². The zero-order valence-corrected chi connectivity index (χ0v) is 9.43. The van der Waals surface area contributed by atoms with Crippen molar-refractivity contribution in [2.75, 3.05) is 11.1 Å². The third-order valence-electron chi connectivity index (χ3n) is 2.38. The third kappa shape index (κ3) is 2.55. The summed E-state index contributed by atoms with van der Waals surface area (Å²) in [6, 6.07) is 6.01. The van der Waals surface area contributed by atoms with Crippen molar-refractivity contribution in [1.82, 2.24) is 0 Å². The molecule has 1 aromatic carbocycles. The van der Waals surface area contributed by atoms with Crippen molar-refractivity contribution in [1.29, 1.82) is 0 Å². The second kappa shape index (κ2) is 5.11. The minimum absolute atomic E-state index is 0.442. The summed E-state index contributed by atoms with van der Waals surface area (Å²) < 4.78 is 0. The predicted molar refractivity (Wildman–Crippen MR) is 63.9 cm³/mol. The van der Waals surface area contributed by atoms with Crippen LogP contribution in [0.25, 0.3) is 0 Å². The molecule has 0 heterocycles. The van der Waals surface area contributed by atoms with Gasteiger partial charge in [0.05, 0.1) is 16.4 Å². The average Bonchev–Trinajstić information content (AvgIpc) is 2.18. The Morgan fingerprint density at radius 3 is 2.50 bits per heavy atom. The molecule has 0 spiro atoms. The first-order chi connectivity index (χ1) is 6.69. The molecule has 0 amide bonds. The van der Waals surface area contributed by atoms with Gasteiger partial charge in [0.1, 0.15) is 0 Å². The van der Waals surface area contributed by atoms with E-state index in [1.54, 1.807) is 0 Å². The van der Waals surface area contributed by atoms with Crippen LogP contribution in [0, 0.1) is 0 Å². The van der Waals surface area contributed by atoms with Crippen molar-refractivity contribution < 1.29 is 0 Å². The summed E-state index contributed by atoms with van der Waals surface area (Å²) in [5.41, 5.74) is 7.41. The van der Waals surface area contributed by atoms with E-state index in [1.165, 1.54) is 0 Å². The quantitative estimate of drug-likeness (QED) is 0.750. The number of nitrogens with one attached hydrogen (secondary N) is 1. The average molecular weight is 213 g/mol. The number of nitrogens with two attached hydrogens (primary N) is 1. The Hall–Kier alpha value is -0.890. The molecule has 3 N–H and O–H groups in total. The summed E-state index contributed by atoms with van der Waals surface area (Å²) >= 11 is 6.05. The molecule has 0 unspecified atom stereocenters. The maximum Gasteiger partial charge on any atom is 0.0765 e. The molecule has 3 heteroatoms. The molecule has 0 fully saturated rings. The minimum Gasteiger partial charge on any atom is -0.397 e. The molecular formula is C11H17ClN2. The van der Waals surface area contributed by atoms with E-state index < -0.39 is 0 Å². The Balaban J connectivity index is 2.84. The van der Waals surface area contributed by atoms with Crippen molar-refractivity contribution in [2.45, 2.75) is 32.7 Å². The molecule has 0 aliphatic rings. The van der Waals surface area contributed by atoms with Gasteiger partial charge < -0.3 is 11.1 Å². The van der Waals surface area contributed by atoms with Gasteiger partial charge in [0.25, 0.3) is 0 Å². The van der Waals surface area contributed by atoms with Crippen molar-refractivity contribution in [2.24, 2.45) is 0 Å². The number of nitrogen functional groups attached to an aromatic ring is 1. The van der Waals surface area contributed by atoms with Crippen LogP contribution in [0.2, 0.25) is 5.02 Å². The van der Waals surface area contributed by atoms with E-state index in [1.807, 2.05) is 18.2 Å². The fourth-order valence-electron chi connectivity index (χ4n) is 1.39. The topological polar surface area (TPSA) is 38.0 Å². The Bertz CT molecular complexity index is 275. The van der Waals surface area contributed by atoms with Gasteiger partial charge in [-0.1, -0.05) is 31.5 Å². The van der Waals surface area contributed by atoms with Crippen LogP contribution < -0.4 is 11.1 Å². The monoisotopic (exact) mass is 212 g/mol. The lowest BCUT2D eigenvalue weighted by Crippen LogP contribution is -2.18. The van der Waals surface area contributed by atoms with Crippen LogP contribution in [0.4, 0.5) is 11.4 Å². The van der Waals surface area contributed by atoms with Gasteiger partial charge >= 0.3 is 0 Å². The molecule has 0 radical (unpaired) electrons. The molecule has 14 heavy (non-hydrogen) atoms. The smallest absolute Gasteiger partial charge is 0.0765 e. The van der Waals surface area contributed by atoms with Crippen LogP contribution in [-0.2, 0) is 0 Å². The summed E-state index contributed by atoms with van der Waals surface area (Å²) in [5, 5.41) is 4.05. The SMILES string of the molecule is CCC(CC)Nc1c(N)cccc1Cl. The van der Waals surface area contributed by atoms with E-state index >= 15 is 0 Å². The predicted octanol–water partition coefficient (Wildman–Crippen LogP) is 3.52. The third-order valence-corrected chi connectivity index (χ3v) is 2.69. The summed E-state index contributed by atoms with van der Waals surface area (Å²) in [5.74, 6) is 0. The van der Waals surface area contributed by atoms with Gasteiger partial charge in [0.2, 0.25) is 0 Å². The Morgan fingerprint density at radius 1 is 1.36 bits per heavy atom. The number of hydrogen-bond donors (Lipinski definition) is 2. The molecule has 0 aliphatic heterocycles. The molecule has 1 aromatic rings. The van der Waals surface area contributed by atoms with Crippen LogP contribution in [-0.4, -0.2) is 6.04 Å². The van der Waals surface area contributed by atoms with Gasteiger partial charge in [-0.25, -0.2) is 0 Å². The molecule has 0 saturated carbocycles. The maximum absolute atomic E-state index is 6.05. The highest BCUT2D eigenvalue weighted by molar-refractivity contribution is 6.33. The highest BCUT2D eigenvalue weighted by atomic mass is 35.5. The summed E-state index contributed by atoms with van der Waals surface area (Å²) in [6.07, 6.45) is 2.14. The molecular weight excluding hydrogens is 196 g/mol. The lowest BCUT2D eigenvalue weighted by molar-refractivity contribution is 0.672. The molecule has 0 saturated heterocycles. The van der Waals surface area contributed by atoms with Crippen LogP contribution >= 0.6 is 11.6 Å². The molecule has 0 bridgehead atoms. The first-order valence-corrected chi connectivity index (χ1v) is 5.37. The van der Waals surface area contributed by atoms with Crippen molar-refractivity contribution in [3.63, 3.8) is 0 Å². The summed E-state index contributed by atoms with van der Waals surface area (Å²) in [6.45, 7) is 4.29. The second-order valence-electron chi connectivity index (χ2n) is 3.36. The highest BCUT2D eigenvalue weighted by Gasteiger charge is 2.08. The highest BCUT2D eigenvalue weighted by Crippen LogP contribution is 2.29. The first-order valence-electron chi connectivity index (χ1n) is 4.99.